The first-order chi connectivity index (χ1) is 17.4. The van der Waals surface area contributed by atoms with Crippen LogP contribution in [0.1, 0.15) is 55.5 Å². The molecule has 0 radical (unpaired) electrons. The Morgan fingerprint density at radius 1 is 1.17 bits per heavy atom. The number of ether oxygens (including phenoxy) is 2. The third-order valence-electron chi connectivity index (χ3n) is 7.28. The summed E-state index contributed by atoms with van der Waals surface area (Å²) in [6, 6.07) is 3.19. The van der Waals surface area contributed by atoms with Gasteiger partial charge in [0.1, 0.15) is 30.9 Å². The zero-order chi connectivity index (χ0) is 25.3. The average Bonchev–Trinajstić information content (AvgIpc) is 3.57. The van der Waals surface area contributed by atoms with Crippen LogP contribution in [0.25, 0.3) is 0 Å². The number of nitrogens with zero attached hydrogens (tertiary/aromatic N) is 8. The third-order valence-corrected chi connectivity index (χ3v) is 8.99. The Bertz CT molecular complexity index is 1170. The maximum atomic E-state index is 8.95. The van der Waals surface area contributed by atoms with Crippen LogP contribution < -0.4 is 4.74 Å². The number of nitriles is 1. The van der Waals surface area contributed by atoms with E-state index >= 15 is 0 Å². The summed E-state index contributed by atoms with van der Waals surface area (Å²) < 4.78 is 14.4. The fraction of sp³-hybridized carbons (Fsp3) is 0.600. The van der Waals surface area contributed by atoms with Crippen LogP contribution in [0.4, 0.5) is 0 Å². The molecule has 2 aromatic heterocycles. The van der Waals surface area contributed by atoms with Crippen molar-refractivity contribution in [3.63, 3.8) is 0 Å². The second-order valence-corrected chi connectivity index (χ2v) is 16.6. The number of aromatic nitrogens is 5. The van der Waals surface area contributed by atoms with Gasteiger partial charge in [0.25, 0.3) is 0 Å². The van der Waals surface area contributed by atoms with Gasteiger partial charge in [0.2, 0.25) is 5.88 Å². The van der Waals surface area contributed by atoms with Crippen molar-refractivity contribution in [3.8, 4) is 11.9 Å². The smallest absolute Gasteiger partial charge is 0.232 e. The zero-order valence-corrected chi connectivity index (χ0v) is 22.4. The Labute approximate surface area is 213 Å². The third kappa shape index (κ3) is 5.06. The lowest BCUT2D eigenvalue weighted by molar-refractivity contribution is 0.0408. The molecule has 5 atom stereocenters. The summed E-state index contributed by atoms with van der Waals surface area (Å²) in [5.41, 5.74) is 0.282. The lowest BCUT2D eigenvalue weighted by Gasteiger charge is -2.31. The predicted molar refractivity (Wildman–Crippen MR) is 137 cm³/mol. The van der Waals surface area contributed by atoms with Crippen LogP contribution in [0.2, 0.25) is 25.7 Å². The van der Waals surface area contributed by atoms with Gasteiger partial charge in [-0.2, -0.15) is 5.26 Å². The summed E-state index contributed by atoms with van der Waals surface area (Å²) in [7, 11) is -1.12. The number of fused-ring (bicyclic) bond motifs is 3. The van der Waals surface area contributed by atoms with Crippen molar-refractivity contribution < 1.29 is 9.47 Å². The van der Waals surface area contributed by atoms with Crippen LogP contribution in [0.5, 0.6) is 5.88 Å². The lowest BCUT2D eigenvalue weighted by Crippen LogP contribution is -2.37. The highest BCUT2D eigenvalue weighted by Crippen LogP contribution is 2.44. The van der Waals surface area contributed by atoms with Crippen LogP contribution in [-0.4, -0.2) is 69.5 Å². The second kappa shape index (κ2) is 10.1. The largest absolute Gasteiger partial charge is 0.473 e. The van der Waals surface area contributed by atoms with Crippen LogP contribution in [0.3, 0.4) is 0 Å². The minimum absolute atomic E-state index is 0.0126. The Hall–Kier alpha value is -3.10. The van der Waals surface area contributed by atoms with E-state index in [1.807, 2.05) is 12.3 Å². The minimum atomic E-state index is -1.12. The van der Waals surface area contributed by atoms with Crippen LogP contribution in [0, 0.1) is 17.2 Å². The molecule has 36 heavy (non-hydrogen) atoms. The van der Waals surface area contributed by atoms with Gasteiger partial charge in [-0.15, -0.1) is 10.2 Å². The van der Waals surface area contributed by atoms with Crippen molar-refractivity contribution in [1.82, 2.24) is 29.6 Å². The van der Waals surface area contributed by atoms with E-state index in [2.05, 4.69) is 68.5 Å². The van der Waals surface area contributed by atoms with Crippen molar-refractivity contribution >= 4 is 14.3 Å². The number of rotatable bonds is 9. The molecule has 2 aromatic rings. The Kier molecular flexibility index (Phi) is 6.90. The SMILES string of the molecule is CCC1CC(Oc2cnc(C#N)cn2)CC1c1nnc2n1C1C=CN(COCC[Si](C)(C)C)C1N=C2. The van der Waals surface area contributed by atoms with E-state index in [1.54, 1.807) is 0 Å². The van der Waals surface area contributed by atoms with Gasteiger partial charge in [0.05, 0.1) is 24.7 Å². The number of hydrogen-bond acceptors (Lipinski definition) is 9. The molecule has 0 saturated heterocycles. The van der Waals surface area contributed by atoms with Crippen LogP contribution >= 0.6 is 0 Å². The maximum absolute atomic E-state index is 8.95. The van der Waals surface area contributed by atoms with Crippen LogP contribution in [-0.2, 0) is 4.74 Å². The summed E-state index contributed by atoms with van der Waals surface area (Å²) in [6.07, 6.45) is 11.9. The molecule has 2 aliphatic heterocycles. The van der Waals surface area contributed by atoms with E-state index in [-0.39, 0.29) is 29.9 Å². The summed E-state index contributed by atoms with van der Waals surface area (Å²) in [4.78, 5) is 15.3. The maximum Gasteiger partial charge on any atom is 0.232 e. The van der Waals surface area contributed by atoms with Crippen molar-refractivity contribution in [2.75, 3.05) is 13.3 Å². The first-order valence-corrected chi connectivity index (χ1v) is 16.5. The minimum Gasteiger partial charge on any atom is -0.473 e. The summed E-state index contributed by atoms with van der Waals surface area (Å²) >= 11 is 0. The summed E-state index contributed by atoms with van der Waals surface area (Å²) in [6.45, 7) is 10.6. The summed E-state index contributed by atoms with van der Waals surface area (Å²) in [5.74, 6) is 2.91. The first-order valence-electron chi connectivity index (χ1n) is 12.7. The van der Waals surface area contributed by atoms with E-state index in [9.17, 15) is 0 Å². The fourth-order valence-electron chi connectivity index (χ4n) is 5.29. The van der Waals surface area contributed by atoms with Gasteiger partial charge in [-0.3, -0.25) is 9.56 Å². The van der Waals surface area contributed by atoms with E-state index in [0.29, 0.717) is 18.5 Å². The molecule has 0 N–H and O–H groups in total. The molecule has 5 unspecified atom stereocenters. The molecule has 1 saturated carbocycles. The van der Waals surface area contributed by atoms with Crippen LogP contribution in [0.15, 0.2) is 29.7 Å². The quantitative estimate of drug-likeness (QED) is 0.373. The molecule has 10 nitrogen and oxygen atoms in total. The predicted octanol–water partition coefficient (Wildman–Crippen LogP) is 3.73. The highest BCUT2D eigenvalue weighted by molar-refractivity contribution is 6.76. The van der Waals surface area contributed by atoms with Gasteiger partial charge in [-0.25, -0.2) is 9.97 Å². The van der Waals surface area contributed by atoms with Gasteiger partial charge in [-0.1, -0.05) is 33.0 Å². The van der Waals surface area contributed by atoms with E-state index in [4.69, 9.17) is 19.7 Å². The van der Waals surface area contributed by atoms with Crippen molar-refractivity contribution in [3.05, 3.63) is 42.0 Å². The topological polar surface area (TPSA) is 114 Å². The van der Waals surface area contributed by atoms with Crippen molar-refractivity contribution in [1.29, 1.82) is 5.26 Å². The molecule has 1 fully saturated rings. The Morgan fingerprint density at radius 2 is 2.03 bits per heavy atom. The lowest BCUT2D eigenvalue weighted by atomic mass is 9.92. The van der Waals surface area contributed by atoms with Crippen molar-refractivity contribution in [2.24, 2.45) is 10.9 Å². The average molecular weight is 507 g/mol. The van der Waals surface area contributed by atoms with E-state index in [1.165, 1.54) is 12.4 Å². The normalized spacial score (nSPS) is 26.6. The van der Waals surface area contributed by atoms with Gasteiger partial charge in [-0.05, 0) is 30.9 Å². The molecular weight excluding hydrogens is 472 g/mol. The highest BCUT2D eigenvalue weighted by atomic mass is 28.3. The molecule has 190 valence electrons. The van der Waals surface area contributed by atoms with Gasteiger partial charge >= 0.3 is 0 Å². The first kappa shape index (κ1) is 24.6. The zero-order valence-electron chi connectivity index (χ0n) is 21.4. The Balaban J connectivity index is 1.28. The number of aliphatic imine (C=N–C) groups is 1. The van der Waals surface area contributed by atoms with E-state index in [0.717, 1.165) is 43.6 Å². The standard InChI is InChI=1S/C25H34N8O2Si/c1-5-17-10-19(35-23-15-27-18(12-26)13-28-23)11-20(17)24-31-30-22-14-29-25-21(33(22)24)6-7-32(25)16-34-8-9-36(2,3)4/h6-7,13-15,17,19-21,25H,5,8-11,16H2,1-4H3. The molecular formula is C25H34N8O2Si. The fourth-order valence-corrected chi connectivity index (χ4v) is 6.05. The Morgan fingerprint density at radius 3 is 2.75 bits per heavy atom. The molecule has 0 bridgehead atoms. The van der Waals surface area contributed by atoms with Gasteiger partial charge in [0, 0.05) is 26.8 Å². The second-order valence-electron chi connectivity index (χ2n) is 11.0. The molecule has 4 heterocycles. The molecule has 5 rings (SSSR count). The monoisotopic (exact) mass is 506 g/mol. The number of hydrogen-bond donors (Lipinski definition) is 0. The molecule has 11 heteroatoms. The molecule has 0 amide bonds. The highest BCUT2D eigenvalue weighted by Gasteiger charge is 2.42. The molecule has 3 aliphatic rings. The molecule has 1 aliphatic carbocycles. The molecule has 0 aromatic carbocycles. The van der Waals surface area contributed by atoms with Gasteiger partial charge < -0.3 is 14.4 Å². The van der Waals surface area contributed by atoms with Crippen molar-refractivity contribution in [2.45, 2.75) is 76.1 Å². The van der Waals surface area contributed by atoms with E-state index < -0.39 is 8.07 Å². The molecule has 0 spiro atoms. The van der Waals surface area contributed by atoms with Gasteiger partial charge in [0.15, 0.2) is 11.5 Å². The summed E-state index contributed by atoms with van der Waals surface area (Å²) in [5, 5.41) is 18.1.